The van der Waals surface area contributed by atoms with Crippen LogP contribution in [0.5, 0.6) is 0 Å². The number of halogens is 1. The zero-order valence-electron chi connectivity index (χ0n) is 11.5. The molecular formula is C17H16ClNO. The van der Waals surface area contributed by atoms with Crippen LogP contribution in [0.4, 0.5) is 5.69 Å². The fraction of sp³-hybridized carbons (Fsp3) is 0.176. The lowest BCUT2D eigenvalue weighted by molar-refractivity contribution is 0.573. The topological polar surface area (TPSA) is 25.2 Å². The van der Waals surface area contributed by atoms with Crippen LogP contribution in [0.2, 0.25) is 5.02 Å². The number of para-hydroxylation sites is 1. The molecule has 0 radical (unpaired) electrons. The van der Waals surface area contributed by atoms with Crippen LogP contribution >= 0.6 is 11.6 Å². The van der Waals surface area contributed by atoms with Crippen LogP contribution in [0, 0.1) is 13.8 Å². The second-order valence-corrected chi connectivity index (χ2v) is 5.36. The Morgan fingerprint density at radius 2 is 1.90 bits per heavy atom. The average molecular weight is 286 g/mol. The van der Waals surface area contributed by atoms with E-state index < -0.39 is 0 Å². The molecule has 0 aliphatic rings. The van der Waals surface area contributed by atoms with E-state index >= 15 is 0 Å². The minimum absolute atomic E-state index is 0.724. The molecule has 0 aliphatic carbocycles. The van der Waals surface area contributed by atoms with E-state index in [2.05, 4.69) is 11.4 Å². The highest BCUT2D eigenvalue weighted by Crippen LogP contribution is 2.27. The van der Waals surface area contributed by atoms with Gasteiger partial charge in [-0.15, -0.1) is 0 Å². The van der Waals surface area contributed by atoms with Crippen LogP contribution in [0.3, 0.4) is 0 Å². The van der Waals surface area contributed by atoms with Crippen molar-refractivity contribution in [3.63, 3.8) is 0 Å². The molecule has 0 atom stereocenters. The Kier molecular flexibility index (Phi) is 3.41. The molecule has 1 aromatic heterocycles. The Hall–Kier alpha value is -1.93. The predicted molar refractivity (Wildman–Crippen MR) is 84.5 cm³/mol. The maximum Gasteiger partial charge on any atom is 0.134 e. The Morgan fingerprint density at radius 3 is 2.70 bits per heavy atom. The zero-order valence-corrected chi connectivity index (χ0v) is 12.3. The van der Waals surface area contributed by atoms with E-state index in [1.807, 2.05) is 50.2 Å². The second kappa shape index (κ2) is 5.22. The molecule has 0 aliphatic heterocycles. The molecule has 20 heavy (non-hydrogen) atoms. The molecule has 0 saturated heterocycles. The number of anilines is 1. The van der Waals surface area contributed by atoms with Gasteiger partial charge < -0.3 is 9.73 Å². The first-order valence-electron chi connectivity index (χ1n) is 6.62. The Bertz CT molecular complexity index is 761. The van der Waals surface area contributed by atoms with Crippen molar-refractivity contribution in [2.24, 2.45) is 0 Å². The molecule has 102 valence electrons. The van der Waals surface area contributed by atoms with E-state index in [1.165, 1.54) is 5.56 Å². The van der Waals surface area contributed by atoms with Crippen molar-refractivity contribution in [3.8, 4) is 0 Å². The van der Waals surface area contributed by atoms with Crippen LogP contribution in [-0.2, 0) is 6.54 Å². The third-order valence-corrected chi connectivity index (χ3v) is 3.95. The summed E-state index contributed by atoms with van der Waals surface area (Å²) in [5.41, 5.74) is 4.23. The zero-order chi connectivity index (χ0) is 14.1. The molecule has 3 heteroatoms. The van der Waals surface area contributed by atoms with Crippen molar-refractivity contribution in [3.05, 3.63) is 64.4 Å². The number of benzene rings is 2. The maximum atomic E-state index is 6.14. The summed E-state index contributed by atoms with van der Waals surface area (Å²) in [4.78, 5) is 0. The number of furan rings is 1. The summed E-state index contributed by atoms with van der Waals surface area (Å²) in [6.07, 6.45) is 0. The third-order valence-electron chi connectivity index (χ3n) is 3.54. The molecule has 0 amide bonds. The maximum absolute atomic E-state index is 6.14. The van der Waals surface area contributed by atoms with Crippen molar-refractivity contribution >= 4 is 28.3 Å². The minimum atomic E-state index is 0.724. The van der Waals surface area contributed by atoms with E-state index in [9.17, 15) is 0 Å². The molecule has 3 rings (SSSR count). The molecule has 3 aromatic rings. The highest BCUT2D eigenvalue weighted by atomic mass is 35.5. The summed E-state index contributed by atoms with van der Waals surface area (Å²) in [6, 6.07) is 14.1. The predicted octanol–water partition coefficient (Wildman–Crippen LogP) is 5.32. The number of nitrogens with one attached hydrogen (secondary N) is 1. The first-order chi connectivity index (χ1) is 9.65. The first-order valence-corrected chi connectivity index (χ1v) is 7.00. The van der Waals surface area contributed by atoms with Crippen LogP contribution in [0.25, 0.3) is 11.0 Å². The molecule has 2 nitrogen and oxygen atoms in total. The van der Waals surface area contributed by atoms with Gasteiger partial charge in [0, 0.05) is 28.2 Å². The molecule has 1 heterocycles. The van der Waals surface area contributed by atoms with E-state index in [-0.39, 0.29) is 0 Å². The highest BCUT2D eigenvalue weighted by molar-refractivity contribution is 6.31. The highest BCUT2D eigenvalue weighted by Gasteiger charge is 2.10. The number of hydrogen-bond acceptors (Lipinski definition) is 2. The summed E-state index contributed by atoms with van der Waals surface area (Å²) >= 11 is 6.14. The molecule has 2 aromatic carbocycles. The van der Waals surface area contributed by atoms with Crippen LogP contribution < -0.4 is 5.32 Å². The molecule has 1 N–H and O–H groups in total. The van der Waals surface area contributed by atoms with Crippen molar-refractivity contribution in [1.82, 2.24) is 0 Å². The number of fused-ring (bicyclic) bond motifs is 1. The van der Waals surface area contributed by atoms with E-state index in [1.54, 1.807) is 0 Å². The van der Waals surface area contributed by atoms with Gasteiger partial charge in [0.05, 0.1) is 0 Å². The Morgan fingerprint density at radius 1 is 1.10 bits per heavy atom. The van der Waals surface area contributed by atoms with Crippen molar-refractivity contribution in [1.29, 1.82) is 0 Å². The summed E-state index contributed by atoms with van der Waals surface area (Å²) in [5.74, 6) is 0.955. The van der Waals surface area contributed by atoms with Gasteiger partial charge in [-0.2, -0.15) is 0 Å². The van der Waals surface area contributed by atoms with Gasteiger partial charge >= 0.3 is 0 Å². The van der Waals surface area contributed by atoms with Crippen LogP contribution in [-0.4, -0.2) is 0 Å². The molecule has 0 saturated carbocycles. The molecular weight excluding hydrogens is 270 g/mol. The average Bonchev–Trinajstić information content (AvgIpc) is 2.76. The van der Waals surface area contributed by atoms with Gasteiger partial charge in [-0.1, -0.05) is 35.9 Å². The summed E-state index contributed by atoms with van der Waals surface area (Å²) in [5, 5.41) is 5.35. The lowest BCUT2D eigenvalue weighted by Gasteiger charge is -2.07. The monoisotopic (exact) mass is 285 g/mol. The first kappa shape index (κ1) is 13.1. The largest absolute Gasteiger partial charge is 0.461 e. The summed E-state index contributed by atoms with van der Waals surface area (Å²) < 4.78 is 5.76. The summed E-state index contributed by atoms with van der Waals surface area (Å²) in [6.45, 7) is 4.72. The Labute approximate surface area is 123 Å². The summed E-state index contributed by atoms with van der Waals surface area (Å²) in [7, 11) is 0. The van der Waals surface area contributed by atoms with Gasteiger partial charge in [-0.3, -0.25) is 0 Å². The smallest absolute Gasteiger partial charge is 0.134 e. The lowest BCUT2D eigenvalue weighted by Crippen LogP contribution is -2.00. The van der Waals surface area contributed by atoms with E-state index in [0.717, 1.165) is 39.5 Å². The van der Waals surface area contributed by atoms with Crippen molar-refractivity contribution < 1.29 is 4.42 Å². The van der Waals surface area contributed by atoms with Crippen molar-refractivity contribution in [2.45, 2.75) is 20.4 Å². The van der Waals surface area contributed by atoms with Crippen LogP contribution in [0.1, 0.15) is 16.9 Å². The normalized spacial score (nSPS) is 10.9. The molecule has 0 bridgehead atoms. The third kappa shape index (κ3) is 2.39. The SMILES string of the molecule is Cc1ccc(NCc2c(C)oc3ccccc23)cc1Cl. The Balaban J connectivity index is 1.86. The number of rotatable bonds is 3. The fourth-order valence-electron chi connectivity index (χ4n) is 2.33. The van der Waals surface area contributed by atoms with Gasteiger partial charge in [0.2, 0.25) is 0 Å². The van der Waals surface area contributed by atoms with E-state index in [4.69, 9.17) is 16.0 Å². The minimum Gasteiger partial charge on any atom is -0.461 e. The van der Waals surface area contributed by atoms with Gasteiger partial charge in [-0.05, 0) is 37.6 Å². The van der Waals surface area contributed by atoms with E-state index in [0.29, 0.717) is 0 Å². The molecule has 0 spiro atoms. The lowest BCUT2D eigenvalue weighted by atomic mass is 10.1. The van der Waals surface area contributed by atoms with Gasteiger partial charge in [0.25, 0.3) is 0 Å². The van der Waals surface area contributed by atoms with Gasteiger partial charge in [0.15, 0.2) is 0 Å². The van der Waals surface area contributed by atoms with Gasteiger partial charge in [0.1, 0.15) is 11.3 Å². The molecule has 0 unspecified atom stereocenters. The molecule has 0 fully saturated rings. The van der Waals surface area contributed by atoms with Crippen LogP contribution in [0.15, 0.2) is 46.9 Å². The fourth-order valence-corrected chi connectivity index (χ4v) is 2.51. The number of aryl methyl sites for hydroxylation is 2. The van der Waals surface area contributed by atoms with Gasteiger partial charge in [-0.25, -0.2) is 0 Å². The quantitative estimate of drug-likeness (QED) is 0.705. The second-order valence-electron chi connectivity index (χ2n) is 4.95. The number of hydrogen-bond donors (Lipinski definition) is 1. The standard InChI is InChI=1S/C17H16ClNO/c1-11-7-8-13(9-16(11)18)19-10-15-12(2)20-17-6-4-3-5-14(15)17/h3-9,19H,10H2,1-2H3. The van der Waals surface area contributed by atoms with Crippen molar-refractivity contribution in [2.75, 3.05) is 5.32 Å².